The summed E-state index contributed by atoms with van der Waals surface area (Å²) in [5.74, 6) is -0.130. The highest BCUT2D eigenvalue weighted by molar-refractivity contribution is 6.30. The summed E-state index contributed by atoms with van der Waals surface area (Å²) in [5, 5.41) is 0.588. The van der Waals surface area contributed by atoms with Gasteiger partial charge in [-0.05, 0) is 49.2 Å². The highest BCUT2D eigenvalue weighted by Crippen LogP contribution is 2.30. The molecule has 0 spiro atoms. The normalized spacial score (nSPS) is 12.1. The van der Waals surface area contributed by atoms with Gasteiger partial charge in [-0.2, -0.15) is 13.2 Å². The van der Waals surface area contributed by atoms with Crippen molar-refractivity contribution in [2.75, 3.05) is 7.05 Å². The summed E-state index contributed by atoms with van der Waals surface area (Å²) in [5.41, 5.74) is -0.0192. The summed E-state index contributed by atoms with van der Waals surface area (Å²) in [4.78, 5) is 14.3. The molecule has 0 saturated carbocycles. The van der Waals surface area contributed by atoms with Crippen molar-refractivity contribution in [3.05, 3.63) is 70.2 Å². The third kappa shape index (κ3) is 4.54. The van der Waals surface area contributed by atoms with Crippen LogP contribution in [0.25, 0.3) is 0 Å². The second-order valence-corrected chi connectivity index (χ2v) is 6.92. The Bertz CT molecular complexity index is 737. The van der Waals surface area contributed by atoms with Crippen molar-refractivity contribution in [2.45, 2.75) is 32.0 Å². The van der Waals surface area contributed by atoms with Crippen LogP contribution in [-0.2, 0) is 22.9 Å². The van der Waals surface area contributed by atoms with E-state index < -0.39 is 17.2 Å². The molecule has 0 unspecified atom stereocenters. The SMILES string of the molecule is CN(Cc1ccc(C(F)(F)F)cc1)C(=O)C(C)(C)c1ccc(Cl)cc1. The van der Waals surface area contributed by atoms with E-state index in [4.69, 9.17) is 11.6 Å². The lowest BCUT2D eigenvalue weighted by atomic mass is 9.83. The Labute approximate surface area is 150 Å². The Hall–Kier alpha value is -2.01. The molecular formula is C19H19ClF3NO. The Balaban J connectivity index is 2.12. The average molecular weight is 370 g/mol. The zero-order valence-electron chi connectivity index (χ0n) is 14.2. The van der Waals surface area contributed by atoms with Gasteiger partial charge in [0.05, 0.1) is 11.0 Å². The number of rotatable bonds is 4. The predicted octanol–water partition coefficient (Wildman–Crippen LogP) is 5.30. The van der Waals surface area contributed by atoms with Crippen molar-refractivity contribution in [3.63, 3.8) is 0 Å². The Morgan fingerprint density at radius 1 is 0.960 bits per heavy atom. The Kier molecular flexibility index (Phi) is 5.47. The minimum atomic E-state index is -4.36. The van der Waals surface area contributed by atoms with Gasteiger partial charge in [0.2, 0.25) is 5.91 Å². The van der Waals surface area contributed by atoms with Crippen LogP contribution in [0.1, 0.15) is 30.5 Å². The molecule has 134 valence electrons. The molecule has 0 aromatic heterocycles. The van der Waals surface area contributed by atoms with Crippen LogP contribution in [0.15, 0.2) is 48.5 Å². The van der Waals surface area contributed by atoms with E-state index in [0.717, 1.165) is 17.7 Å². The quantitative estimate of drug-likeness (QED) is 0.716. The number of hydrogen-bond acceptors (Lipinski definition) is 1. The zero-order valence-corrected chi connectivity index (χ0v) is 14.9. The molecule has 0 atom stereocenters. The van der Waals surface area contributed by atoms with Gasteiger partial charge in [-0.3, -0.25) is 4.79 Å². The first-order valence-corrected chi connectivity index (χ1v) is 8.07. The summed E-state index contributed by atoms with van der Waals surface area (Å²) >= 11 is 5.88. The van der Waals surface area contributed by atoms with Crippen molar-refractivity contribution in [1.29, 1.82) is 0 Å². The van der Waals surface area contributed by atoms with Gasteiger partial charge in [0, 0.05) is 18.6 Å². The third-order valence-electron chi connectivity index (χ3n) is 4.15. The molecule has 0 aliphatic carbocycles. The second kappa shape index (κ2) is 7.08. The monoisotopic (exact) mass is 369 g/mol. The first-order chi connectivity index (χ1) is 11.5. The van der Waals surface area contributed by atoms with Crippen molar-refractivity contribution >= 4 is 17.5 Å². The van der Waals surface area contributed by atoms with Crippen LogP contribution in [0.2, 0.25) is 5.02 Å². The van der Waals surface area contributed by atoms with Crippen molar-refractivity contribution in [3.8, 4) is 0 Å². The van der Waals surface area contributed by atoms with Gasteiger partial charge < -0.3 is 4.90 Å². The lowest BCUT2D eigenvalue weighted by molar-refractivity contribution is -0.138. The third-order valence-corrected chi connectivity index (χ3v) is 4.40. The largest absolute Gasteiger partial charge is 0.416 e. The zero-order chi connectivity index (χ0) is 18.8. The van der Waals surface area contributed by atoms with E-state index in [2.05, 4.69) is 0 Å². The number of carbonyl (C=O) groups is 1. The molecule has 0 N–H and O–H groups in total. The highest BCUT2D eigenvalue weighted by atomic mass is 35.5. The molecular weight excluding hydrogens is 351 g/mol. The molecule has 2 nitrogen and oxygen atoms in total. The first-order valence-electron chi connectivity index (χ1n) is 7.69. The molecule has 1 amide bonds. The topological polar surface area (TPSA) is 20.3 Å². The van der Waals surface area contributed by atoms with Gasteiger partial charge >= 0.3 is 6.18 Å². The molecule has 0 bridgehead atoms. The number of halogens is 4. The van der Waals surface area contributed by atoms with Crippen LogP contribution in [0.4, 0.5) is 13.2 Å². The van der Waals surface area contributed by atoms with Crippen molar-refractivity contribution in [1.82, 2.24) is 4.90 Å². The van der Waals surface area contributed by atoms with E-state index in [1.54, 1.807) is 31.3 Å². The molecule has 0 heterocycles. The number of amides is 1. The fourth-order valence-corrected chi connectivity index (χ4v) is 2.74. The van der Waals surface area contributed by atoms with Crippen LogP contribution in [0, 0.1) is 0 Å². The standard InChI is InChI=1S/C19H19ClF3NO/c1-18(2,14-8-10-16(20)11-9-14)17(25)24(3)12-13-4-6-15(7-5-13)19(21,22)23/h4-11H,12H2,1-3H3. The number of carbonyl (C=O) groups excluding carboxylic acids is 1. The number of alkyl halides is 3. The van der Waals surface area contributed by atoms with Gasteiger partial charge in [-0.15, -0.1) is 0 Å². The number of hydrogen-bond donors (Lipinski definition) is 0. The van der Waals surface area contributed by atoms with Gasteiger partial charge in [-0.25, -0.2) is 0 Å². The van der Waals surface area contributed by atoms with Crippen LogP contribution < -0.4 is 0 Å². The maximum absolute atomic E-state index is 12.8. The molecule has 0 saturated heterocycles. The summed E-state index contributed by atoms with van der Waals surface area (Å²) < 4.78 is 37.8. The highest BCUT2D eigenvalue weighted by Gasteiger charge is 2.33. The van der Waals surface area contributed by atoms with E-state index in [9.17, 15) is 18.0 Å². The molecule has 0 aliphatic rings. The van der Waals surface area contributed by atoms with E-state index in [0.29, 0.717) is 10.6 Å². The molecule has 0 radical (unpaired) electrons. The van der Waals surface area contributed by atoms with Crippen LogP contribution in [0.5, 0.6) is 0 Å². The molecule has 6 heteroatoms. The summed E-state index contributed by atoms with van der Waals surface area (Å²) in [6.07, 6.45) is -4.36. The van der Waals surface area contributed by atoms with Gasteiger partial charge in [0.15, 0.2) is 0 Å². The van der Waals surface area contributed by atoms with E-state index in [-0.39, 0.29) is 12.5 Å². The van der Waals surface area contributed by atoms with Gasteiger partial charge in [-0.1, -0.05) is 35.9 Å². The molecule has 2 rings (SSSR count). The van der Waals surface area contributed by atoms with Gasteiger partial charge in [0.1, 0.15) is 0 Å². The maximum Gasteiger partial charge on any atom is 0.416 e. The summed E-state index contributed by atoms with van der Waals surface area (Å²) in [6, 6.07) is 11.9. The maximum atomic E-state index is 12.8. The smallest absolute Gasteiger partial charge is 0.341 e. The van der Waals surface area contributed by atoms with Crippen LogP contribution in [0.3, 0.4) is 0 Å². The van der Waals surface area contributed by atoms with E-state index >= 15 is 0 Å². The lowest BCUT2D eigenvalue weighted by Crippen LogP contribution is -2.41. The van der Waals surface area contributed by atoms with Crippen molar-refractivity contribution in [2.24, 2.45) is 0 Å². The Morgan fingerprint density at radius 3 is 1.92 bits per heavy atom. The second-order valence-electron chi connectivity index (χ2n) is 6.49. The predicted molar refractivity (Wildman–Crippen MR) is 92.4 cm³/mol. The molecule has 2 aromatic carbocycles. The molecule has 25 heavy (non-hydrogen) atoms. The van der Waals surface area contributed by atoms with E-state index in [1.807, 2.05) is 13.8 Å². The summed E-state index contributed by atoms with van der Waals surface area (Å²) in [6.45, 7) is 3.84. The van der Waals surface area contributed by atoms with E-state index in [1.165, 1.54) is 17.0 Å². The van der Waals surface area contributed by atoms with Crippen LogP contribution in [-0.4, -0.2) is 17.9 Å². The average Bonchev–Trinajstić information content (AvgIpc) is 2.54. The molecule has 0 aliphatic heterocycles. The number of benzene rings is 2. The lowest BCUT2D eigenvalue weighted by Gasteiger charge is -2.30. The fourth-order valence-electron chi connectivity index (χ4n) is 2.61. The minimum absolute atomic E-state index is 0.130. The fraction of sp³-hybridized carbons (Fsp3) is 0.316. The molecule has 2 aromatic rings. The minimum Gasteiger partial charge on any atom is -0.341 e. The first kappa shape index (κ1) is 19.3. The number of likely N-dealkylation sites (N-methyl/N-ethyl adjacent to an activating group) is 1. The van der Waals surface area contributed by atoms with Crippen molar-refractivity contribution < 1.29 is 18.0 Å². The molecule has 0 fully saturated rings. The van der Waals surface area contributed by atoms with Gasteiger partial charge in [0.25, 0.3) is 0 Å². The Morgan fingerprint density at radius 2 is 1.44 bits per heavy atom. The summed E-state index contributed by atoms with van der Waals surface area (Å²) in [7, 11) is 1.64. The number of nitrogens with zero attached hydrogens (tertiary/aromatic N) is 1. The van der Waals surface area contributed by atoms with Crippen LogP contribution >= 0.6 is 11.6 Å².